The van der Waals surface area contributed by atoms with E-state index in [0.29, 0.717) is 5.92 Å². The van der Waals surface area contributed by atoms with Crippen molar-refractivity contribution in [2.75, 3.05) is 13.1 Å². The van der Waals surface area contributed by atoms with Gasteiger partial charge >= 0.3 is 5.97 Å². The topological polar surface area (TPSA) is 38.3 Å². The van der Waals surface area contributed by atoms with Gasteiger partial charge in [0.1, 0.15) is 6.10 Å². The molecule has 1 N–H and O–H groups in total. The summed E-state index contributed by atoms with van der Waals surface area (Å²) in [6.07, 6.45) is 7.09. The molecule has 0 radical (unpaired) electrons. The maximum Gasteiger partial charge on any atom is 0.314 e. The number of hydrogen-bond acceptors (Lipinski definition) is 3. The van der Waals surface area contributed by atoms with E-state index in [9.17, 15) is 4.79 Å². The molecule has 2 aliphatic rings. The van der Waals surface area contributed by atoms with E-state index in [1.54, 1.807) is 0 Å². The van der Waals surface area contributed by atoms with Gasteiger partial charge in [0, 0.05) is 6.54 Å². The smallest absolute Gasteiger partial charge is 0.314 e. The predicted molar refractivity (Wildman–Crippen MR) is 87.9 cm³/mol. The standard InChI is InChI=1S/C19H27NO2/c1-14-7-9-16(10-8-14)18(15-5-3-2-4-6-15)19(21)22-17-11-12-20-13-17/h7-10,15,17-18,20H,2-6,11-13H2,1H3. The molecule has 3 rings (SSSR count). The van der Waals surface area contributed by atoms with Crippen molar-refractivity contribution in [2.24, 2.45) is 5.92 Å². The quantitative estimate of drug-likeness (QED) is 0.864. The summed E-state index contributed by atoms with van der Waals surface area (Å²) < 4.78 is 5.81. The van der Waals surface area contributed by atoms with Crippen molar-refractivity contribution in [1.82, 2.24) is 5.32 Å². The number of esters is 1. The van der Waals surface area contributed by atoms with Crippen LogP contribution >= 0.6 is 0 Å². The highest BCUT2D eigenvalue weighted by molar-refractivity contribution is 5.79. The fourth-order valence-corrected chi connectivity index (χ4v) is 3.81. The number of ether oxygens (including phenoxy) is 1. The first kappa shape index (κ1) is 15.5. The third-order valence-corrected chi connectivity index (χ3v) is 5.11. The van der Waals surface area contributed by atoms with Gasteiger partial charge < -0.3 is 10.1 Å². The Morgan fingerprint density at radius 1 is 1.14 bits per heavy atom. The van der Waals surface area contributed by atoms with Crippen LogP contribution in [-0.4, -0.2) is 25.2 Å². The Balaban J connectivity index is 1.77. The van der Waals surface area contributed by atoms with Crippen LogP contribution in [0.4, 0.5) is 0 Å². The fraction of sp³-hybridized carbons (Fsp3) is 0.632. The van der Waals surface area contributed by atoms with Crippen LogP contribution in [0.2, 0.25) is 0 Å². The number of benzene rings is 1. The van der Waals surface area contributed by atoms with Crippen LogP contribution in [0.3, 0.4) is 0 Å². The highest BCUT2D eigenvalue weighted by Gasteiger charge is 2.33. The molecule has 1 aromatic carbocycles. The van der Waals surface area contributed by atoms with E-state index in [1.807, 2.05) is 0 Å². The molecule has 22 heavy (non-hydrogen) atoms. The maximum absolute atomic E-state index is 12.8. The maximum atomic E-state index is 12.8. The summed E-state index contributed by atoms with van der Waals surface area (Å²) >= 11 is 0. The van der Waals surface area contributed by atoms with Crippen molar-refractivity contribution in [3.05, 3.63) is 35.4 Å². The second-order valence-corrected chi connectivity index (χ2v) is 6.84. The van der Waals surface area contributed by atoms with Gasteiger partial charge in [-0.2, -0.15) is 0 Å². The molecule has 2 unspecified atom stereocenters. The van der Waals surface area contributed by atoms with Gasteiger partial charge in [0.15, 0.2) is 0 Å². The molecule has 0 spiro atoms. The van der Waals surface area contributed by atoms with Crippen LogP contribution in [0.5, 0.6) is 0 Å². The Labute approximate surface area is 133 Å². The first-order valence-electron chi connectivity index (χ1n) is 8.72. The molecule has 0 aromatic heterocycles. The van der Waals surface area contributed by atoms with E-state index in [2.05, 4.69) is 36.5 Å². The number of rotatable bonds is 4. The summed E-state index contributed by atoms with van der Waals surface area (Å²) in [6.45, 7) is 3.84. The molecule has 0 bridgehead atoms. The molecule has 1 aliphatic carbocycles. The Morgan fingerprint density at radius 2 is 1.86 bits per heavy atom. The highest BCUT2D eigenvalue weighted by atomic mass is 16.5. The summed E-state index contributed by atoms with van der Waals surface area (Å²) in [6, 6.07) is 8.44. The first-order chi connectivity index (χ1) is 10.7. The second-order valence-electron chi connectivity index (χ2n) is 6.84. The zero-order valence-corrected chi connectivity index (χ0v) is 13.5. The van der Waals surface area contributed by atoms with Crippen LogP contribution in [0.25, 0.3) is 0 Å². The van der Waals surface area contributed by atoms with E-state index < -0.39 is 0 Å². The molecular formula is C19H27NO2. The molecule has 1 aliphatic heterocycles. The molecule has 1 saturated heterocycles. The van der Waals surface area contributed by atoms with Crippen molar-refractivity contribution >= 4 is 5.97 Å². The van der Waals surface area contributed by atoms with Crippen molar-refractivity contribution in [3.8, 4) is 0 Å². The van der Waals surface area contributed by atoms with Crippen LogP contribution < -0.4 is 5.32 Å². The molecule has 2 atom stereocenters. The van der Waals surface area contributed by atoms with Crippen molar-refractivity contribution in [2.45, 2.75) is 57.5 Å². The van der Waals surface area contributed by atoms with E-state index in [1.165, 1.54) is 24.8 Å². The van der Waals surface area contributed by atoms with Gasteiger partial charge in [-0.3, -0.25) is 4.79 Å². The van der Waals surface area contributed by atoms with E-state index in [-0.39, 0.29) is 18.0 Å². The Hall–Kier alpha value is -1.35. The fourth-order valence-electron chi connectivity index (χ4n) is 3.81. The van der Waals surface area contributed by atoms with Gasteiger partial charge in [0.2, 0.25) is 0 Å². The summed E-state index contributed by atoms with van der Waals surface area (Å²) in [4.78, 5) is 12.8. The lowest BCUT2D eigenvalue weighted by molar-refractivity contribution is -0.151. The average Bonchev–Trinajstić information content (AvgIpc) is 3.03. The average molecular weight is 301 g/mol. The molecule has 2 fully saturated rings. The summed E-state index contributed by atoms with van der Waals surface area (Å²) in [5.74, 6) is 0.351. The third kappa shape index (κ3) is 3.70. The zero-order chi connectivity index (χ0) is 15.4. The minimum Gasteiger partial charge on any atom is -0.460 e. The number of hydrogen-bond donors (Lipinski definition) is 1. The lowest BCUT2D eigenvalue weighted by Crippen LogP contribution is -2.30. The van der Waals surface area contributed by atoms with Gasteiger partial charge in [-0.05, 0) is 44.2 Å². The lowest BCUT2D eigenvalue weighted by atomic mass is 9.76. The van der Waals surface area contributed by atoms with Crippen LogP contribution in [0.1, 0.15) is 55.6 Å². The molecule has 1 aromatic rings. The normalized spacial score (nSPS) is 24.1. The Kier molecular flexibility index (Phi) is 5.14. The van der Waals surface area contributed by atoms with Gasteiger partial charge in [-0.1, -0.05) is 49.1 Å². The monoisotopic (exact) mass is 301 g/mol. The van der Waals surface area contributed by atoms with Gasteiger partial charge in [0.05, 0.1) is 5.92 Å². The molecule has 1 saturated carbocycles. The van der Waals surface area contributed by atoms with Crippen LogP contribution in [-0.2, 0) is 9.53 Å². The van der Waals surface area contributed by atoms with Crippen LogP contribution in [0.15, 0.2) is 24.3 Å². The van der Waals surface area contributed by atoms with Gasteiger partial charge in [-0.25, -0.2) is 0 Å². The second kappa shape index (κ2) is 7.28. The SMILES string of the molecule is Cc1ccc(C(C(=O)OC2CCNC2)C2CCCCC2)cc1. The van der Waals surface area contributed by atoms with Crippen LogP contribution in [0, 0.1) is 12.8 Å². The number of carbonyl (C=O) groups excluding carboxylic acids is 1. The van der Waals surface area contributed by atoms with E-state index in [4.69, 9.17) is 4.74 Å². The summed E-state index contributed by atoms with van der Waals surface area (Å²) in [7, 11) is 0. The predicted octanol–water partition coefficient (Wildman–Crippen LogP) is 3.56. The zero-order valence-electron chi connectivity index (χ0n) is 13.5. The molecule has 3 heteroatoms. The molecule has 1 heterocycles. The largest absolute Gasteiger partial charge is 0.460 e. The van der Waals surface area contributed by atoms with Crippen molar-refractivity contribution in [1.29, 1.82) is 0 Å². The molecule has 3 nitrogen and oxygen atoms in total. The van der Waals surface area contributed by atoms with Crippen molar-refractivity contribution in [3.63, 3.8) is 0 Å². The number of carbonyl (C=O) groups is 1. The minimum atomic E-state index is -0.0819. The molecule has 120 valence electrons. The molecule has 0 amide bonds. The van der Waals surface area contributed by atoms with Gasteiger partial charge in [0.25, 0.3) is 0 Å². The minimum absolute atomic E-state index is 0.00977. The first-order valence-corrected chi connectivity index (χ1v) is 8.72. The van der Waals surface area contributed by atoms with E-state index >= 15 is 0 Å². The molecular weight excluding hydrogens is 274 g/mol. The highest BCUT2D eigenvalue weighted by Crippen LogP contribution is 2.37. The summed E-state index contributed by atoms with van der Waals surface area (Å²) in [5.41, 5.74) is 2.37. The number of nitrogens with one attached hydrogen (secondary N) is 1. The third-order valence-electron chi connectivity index (χ3n) is 5.11. The van der Waals surface area contributed by atoms with Crippen molar-refractivity contribution < 1.29 is 9.53 Å². The van der Waals surface area contributed by atoms with Gasteiger partial charge in [-0.15, -0.1) is 0 Å². The Bertz CT molecular complexity index is 485. The lowest BCUT2D eigenvalue weighted by Gasteiger charge is -2.30. The summed E-state index contributed by atoms with van der Waals surface area (Å²) in [5, 5.41) is 3.27. The van der Waals surface area contributed by atoms with E-state index in [0.717, 1.165) is 37.9 Å². The Morgan fingerprint density at radius 3 is 2.50 bits per heavy atom. The number of aryl methyl sites for hydroxylation is 1.